The topological polar surface area (TPSA) is 59.4 Å². The Morgan fingerprint density at radius 2 is 1.90 bits per heavy atom. The molecule has 1 fully saturated rings. The smallest absolute Gasteiger partial charge is 0.248 e. The van der Waals surface area contributed by atoms with Gasteiger partial charge in [0, 0.05) is 48.1 Å². The van der Waals surface area contributed by atoms with Gasteiger partial charge < -0.3 is 9.80 Å². The summed E-state index contributed by atoms with van der Waals surface area (Å²) < 4.78 is 14.6. The number of hydrogen-bond acceptors (Lipinski definition) is 5. The third-order valence-electron chi connectivity index (χ3n) is 5.28. The van der Waals surface area contributed by atoms with E-state index in [9.17, 15) is 14.4 Å². The van der Waals surface area contributed by atoms with E-state index in [1.54, 1.807) is 41.3 Å². The normalized spacial score (nSPS) is 18.8. The Morgan fingerprint density at radius 3 is 2.63 bits per heavy atom. The fourth-order valence-electron chi connectivity index (χ4n) is 3.63. The van der Waals surface area contributed by atoms with Crippen LogP contribution in [0.3, 0.4) is 0 Å². The van der Waals surface area contributed by atoms with E-state index in [0.29, 0.717) is 34.4 Å². The van der Waals surface area contributed by atoms with Crippen molar-refractivity contribution in [1.29, 1.82) is 0 Å². The zero-order chi connectivity index (χ0) is 21.3. The molecule has 2 aliphatic heterocycles. The van der Waals surface area contributed by atoms with Crippen molar-refractivity contribution in [3.05, 3.63) is 81.2 Å². The van der Waals surface area contributed by atoms with Crippen molar-refractivity contribution >= 4 is 23.2 Å². The maximum Gasteiger partial charge on any atom is 0.248 e. The van der Waals surface area contributed by atoms with E-state index < -0.39 is 5.82 Å². The zero-order valence-corrected chi connectivity index (χ0v) is 17.3. The fourth-order valence-corrected chi connectivity index (χ4v) is 3.81. The molecule has 0 aromatic heterocycles. The molecule has 0 unspecified atom stereocenters. The number of rotatable bonds is 2. The average molecular weight is 429 g/mol. The van der Waals surface area contributed by atoms with Gasteiger partial charge in [0.05, 0.1) is 23.3 Å². The Balaban J connectivity index is 1.80. The standard InChI is InChI=1S/C22H22ClFN4O2/c1-26-8-10-27(11-9-26)21(29)13-16-14-28(30)22(17-4-2-3-5-19(17)24)18-12-15(23)6-7-20(18)25-16/h2-7,12-13,30H,8-11,14H2,1H3/b16-13-. The molecule has 0 saturated carbocycles. The number of nitrogens with zero attached hydrogens (tertiary/aromatic N) is 4. The Morgan fingerprint density at radius 1 is 1.17 bits per heavy atom. The summed E-state index contributed by atoms with van der Waals surface area (Å²) in [6.45, 7) is 2.84. The maximum atomic E-state index is 14.6. The van der Waals surface area contributed by atoms with Gasteiger partial charge in [-0.25, -0.2) is 9.45 Å². The number of likely N-dealkylation sites (N-methyl/N-ethyl adjacent to an activating group) is 1. The first kappa shape index (κ1) is 20.5. The molecule has 1 saturated heterocycles. The molecule has 2 aromatic carbocycles. The number of hydroxylamine groups is 2. The minimum absolute atomic E-state index is 0.0601. The van der Waals surface area contributed by atoms with Crippen LogP contribution in [0.1, 0.15) is 5.56 Å². The number of benzene rings is 2. The Kier molecular flexibility index (Phi) is 5.85. The van der Waals surface area contributed by atoms with E-state index in [-0.39, 0.29) is 23.7 Å². The predicted molar refractivity (Wildman–Crippen MR) is 112 cm³/mol. The Hall–Kier alpha value is -2.74. The second kappa shape index (κ2) is 8.55. The van der Waals surface area contributed by atoms with Crippen LogP contribution in [-0.2, 0) is 4.79 Å². The van der Waals surface area contributed by atoms with Gasteiger partial charge in [-0.05, 0) is 37.4 Å². The molecule has 2 aromatic rings. The highest BCUT2D eigenvalue weighted by Gasteiger charge is 2.22. The molecule has 0 aliphatic carbocycles. The van der Waals surface area contributed by atoms with E-state index in [4.69, 9.17) is 11.6 Å². The van der Waals surface area contributed by atoms with Crippen molar-refractivity contribution in [3.8, 4) is 0 Å². The van der Waals surface area contributed by atoms with Crippen LogP contribution in [0.5, 0.6) is 0 Å². The SMILES string of the molecule is CN1CCN(C(=O)/C=C2/CN(O)C(c3ccccc3F)=c3cc(Cl)ccc3=N2)CC1. The number of amides is 1. The highest BCUT2D eigenvalue weighted by Crippen LogP contribution is 2.21. The van der Waals surface area contributed by atoms with Crippen LogP contribution in [0.4, 0.5) is 4.39 Å². The Labute approximate surface area is 178 Å². The summed E-state index contributed by atoms with van der Waals surface area (Å²) in [6, 6.07) is 11.2. The van der Waals surface area contributed by atoms with Crippen LogP contribution in [-0.4, -0.2) is 65.7 Å². The largest absolute Gasteiger partial charge is 0.337 e. The fraction of sp³-hybridized carbons (Fsp3) is 0.273. The van der Waals surface area contributed by atoms with Gasteiger partial charge in [0.25, 0.3) is 0 Å². The minimum Gasteiger partial charge on any atom is -0.337 e. The summed E-state index contributed by atoms with van der Waals surface area (Å²) in [7, 11) is 2.02. The lowest BCUT2D eigenvalue weighted by Gasteiger charge is -2.31. The third-order valence-corrected chi connectivity index (χ3v) is 5.52. The number of hydrogen-bond donors (Lipinski definition) is 1. The zero-order valence-electron chi connectivity index (χ0n) is 16.6. The summed E-state index contributed by atoms with van der Waals surface area (Å²) in [4.78, 5) is 21.3. The van der Waals surface area contributed by atoms with Crippen molar-refractivity contribution in [2.75, 3.05) is 39.8 Å². The molecule has 1 amide bonds. The first-order valence-corrected chi connectivity index (χ1v) is 10.1. The van der Waals surface area contributed by atoms with Crippen LogP contribution in [0.15, 0.2) is 59.2 Å². The molecule has 30 heavy (non-hydrogen) atoms. The number of halogens is 2. The minimum atomic E-state index is -0.474. The molecule has 0 radical (unpaired) electrons. The predicted octanol–water partition coefficient (Wildman–Crippen LogP) is 1.62. The highest BCUT2D eigenvalue weighted by molar-refractivity contribution is 6.30. The summed E-state index contributed by atoms with van der Waals surface area (Å²) in [5.41, 5.74) is 0.867. The molecular formula is C22H22ClFN4O2. The average Bonchev–Trinajstić information content (AvgIpc) is 2.84. The monoisotopic (exact) mass is 428 g/mol. The van der Waals surface area contributed by atoms with E-state index in [2.05, 4.69) is 9.89 Å². The highest BCUT2D eigenvalue weighted by atomic mass is 35.5. The van der Waals surface area contributed by atoms with Crippen molar-refractivity contribution in [1.82, 2.24) is 14.9 Å². The van der Waals surface area contributed by atoms with Gasteiger partial charge in [-0.1, -0.05) is 23.7 Å². The second-order valence-corrected chi connectivity index (χ2v) is 7.86. The quantitative estimate of drug-likeness (QED) is 0.738. The second-order valence-electron chi connectivity index (χ2n) is 7.42. The van der Waals surface area contributed by atoms with Crippen molar-refractivity contribution < 1.29 is 14.4 Å². The first-order valence-electron chi connectivity index (χ1n) is 9.70. The molecule has 0 atom stereocenters. The number of piperazine rings is 1. The molecule has 156 valence electrons. The van der Waals surface area contributed by atoms with Gasteiger partial charge in [-0.2, -0.15) is 0 Å². The van der Waals surface area contributed by atoms with E-state index in [1.165, 1.54) is 12.1 Å². The molecule has 2 aliphatic rings. The molecule has 4 rings (SSSR count). The molecule has 0 bridgehead atoms. The summed E-state index contributed by atoms with van der Waals surface area (Å²) >= 11 is 6.18. The van der Waals surface area contributed by atoms with E-state index in [0.717, 1.165) is 18.2 Å². The van der Waals surface area contributed by atoms with Gasteiger partial charge in [-0.15, -0.1) is 0 Å². The molecule has 2 heterocycles. The third kappa shape index (κ3) is 4.23. The van der Waals surface area contributed by atoms with Gasteiger partial charge in [-0.3, -0.25) is 15.0 Å². The summed E-state index contributed by atoms with van der Waals surface area (Å²) in [6.07, 6.45) is 1.44. The van der Waals surface area contributed by atoms with Gasteiger partial charge >= 0.3 is 0 Å². The maximum absolute atomic E-state index is 14.6. The van der Waals surface area contributed by atoms with Crippen molar-refractivity contribution in [2.24, 2.45) is 4.99 Å². The van der Waals surface area contributed by atoms with Crippen LogP contribution >= 0.6 is 11.6 Å². The molecular weight excluding hydrogens is 407 g/mol. The molecule has 8 heteroatoms. The Bertz CT molecular complexity index is 1130. The van der Waals surface area contributed by atoms with Crippen LogP contribution in [0, 0.1) is 5.82 Å². The number of fused-ring (bicyclic) bond motifs is 1. The number of carbonyl (C=O) groups excluding carboxylic acids is 1. The molecule has 1 N–H and O–H groups in total. The van der Waals surface area contributed by atoms with Gasteiger partial charge in [0.2, 0.25) is 5.91 Å². The van der Waals surface area contributed by atoms with Crippen LogP contribution < -0.4 is 10.6 Å². The summed E-state index contributed by atoms with van der Waals surface area (Å²) in [5.74, 6) is -0.626. The molecule has 6 nitrogen and oxygen atoms in total. The van der Waals surface area contributed by atoms with E-state index in [1.807, 2.05) is 7.05 Å². The lowest BCUT2D eigenvalue weighted by atomic mass is 10.1. The summed E-state index contributed by atoms with van der Waals surface area (Å²) in [5, 5.41) is 13.2. The first-order chi connectivity index (χ1) is 14.4. The van der Waals surface area contributed by atoms with Crippen LogP contribution in [0.25, 0.3) is 5.70 Å². The molecule has 0 spiro atoms. The van der Waals surface area contributed by atoms with Crippen LogP contribution in [0.2, 0.25) is 5.02 Å². The lowest BCUT2D eigenvalue weighted by molar-refractivity contribution is -0.127. The number of carbonyl (C=O) groups is 1. The van der Waals surface area contributed by atoms with Crippen molar-refractivity contribution in [2.45, 2.75) is 0 Å². The van der Waals surface area contributed by atoms with Crippen molar-refractivity contribution in [3.63, 3.8) is 0 Å². The lowest BCUT2D eigenvalue weighted by Crippen LogP contribution is -2.46. The van der Waals surface area contributed by atoms with E-state index >= 15 is 0 Å². The van der Waals surface area contributed by atoms with Gasteiger partial charge in [0.1, 0.15) is 5.82 Å². The van der Waals surface area contributed by atoms with Gasteiger partial charge in [0.15, 0.2) is 0 Å².